The Kier molecular flexibility index (Phi) is 14.4. The van der Waals surface area contributed by atoms with Crippen LogP contribution in [0.5, 0.6) is 0 Å². The van der Waals surface area contributed by atoms with Crippen molar-refractivity contribution in [3.63, 3.8) is 0 Å². The molecule has 0 atom stereocenters. The predicted molar refractivity (Wildman–Crippen MR) is 76.5 cm³/mol. The van der Waals surface area contributed by atoms with E-state index in [4.69, 9.17) is 0 Å². The van der Waals surface area contributed by atoms with Gasteiger partial charge in [-0.05, 0) is 0 Å². The third-order valence-corrected chi connectivity index (χ3v) is 3.66. The molecule has 0 N–H and O–H groups in total. The molecule has 0 aromatic heterocycles. The zero-order valence-electron chi connectivity index (χ0n) is 11.5. The fraction of sp³-hybridized carbons (Fsp3) is 0.933. The van der Waals surface area contributed by atoms with Crippen molar-refractivity contribution in [3.05, 3.63) is 0 Å². The average molecular weight is 304 g/mol. The SMILES string of the molecule is CCCCCCCCCCCCCCC(=O)[Se]. The first-order valence-corrected chi connectivity index (χ1v) is 8.33. The second kappa shape index (κ2) is 14.3. The van der Waals surface area contributed by atoms with Crippen molar-refractivity contribution in [2.75, 3.05) is 0 Å². The summed E-state index contributed by atoms with van der Waals surface area (Å²) in [7, 11) is 0. The van der Waals surface area contributed by atoms with Crippen molar-refractivity contribution >= 4 is 20.7 Å². The van der Waals surface area contributed by atoms with Crippen LogP contribution in [0.15, 0.2) is 0 Å². The van der Waals surface area contributed by atoms with Crippen molar-refractivity contribution in [1.82, 2.24) is 0 Å². The van der Waals surface area contributed by atoms with E-state index in [1.807, 2.05) is 0 Å². The van der Waals surface area contributed by atoms with E-state index in [9.17, 15) is 4.79 Å². The van der Waals surface area contributed by atoms with Crippen molar-refractivity contribution in [2.24, 2.45) is 0 Å². The minimum absolute atomic E-state index is 0.220. The van der Waals surface area contributed by atoms with Gasteiger partial charge in [0.25, 0.3) is 0 Å². The Morgan fingerprint density at radius 1 is 0.706 bits per heavy atom. The number of carbonyl (C=O) groups is 1. The molecule has 0 rings (SSSR count). The quantitative estimate of drug-likeness (QED) is 0.354. The van der Waals surface area contributed by atoms with Gasteiger partial charge in [0.2, 0.25) is 0 Å². The number of hydrogen-bond donors (Lipinski definition) is 0. The summed E-state index contributed by atoms with van der Waals surface area (Å²) < 4.78 is 0.220. The van der Waals surface area contributed by atoms with Gasteiger partial charge < -0.3 is 0 Å². The molecule has 0 aliphatic rings. The topological polar surface area (TPSA) is 17.1 Å². The molecule has 101 valence electrons. The molecule has 0 spiro atoms. The van der Waals surface area contributed by atoms with Crippen LogP contribution in [0.2, 0.25) is 0 Å². The van der Waals surface area contributed by atoms with Gasteiger partial charge in [-0.1, -0.05) is 19.8 Å². The normalized spacial score (nSPS) is 10.6. The maximum absolute atomic E-state index is 10.7. The Hall–Kier alpha value is 0.189. The van der Waals surface area contributed by atoms with Crippen molar-refractivity contribution < 1.29 is 4.79 Å². The van der Waals surface area contributed by atoms with Crippen molar-refractivity contribution in [2.45, 2.75) is 90.4 Å². The number of carbonyl (C=O) groups excluding carboxylic acids is 1. The number of hydrogen-bond acceptors (Lipinski definition) is 1. The molecule has 1 nitrogen and oxygen atoms in total. The molecule has 0 aromatic carbocycles. The van der Waals surface area contributed by atoms with Gasteiger partial charge in [-0.25, -0.2) is 0 Å². The van der Waals surface area contributed by atoms with E-state index >= 15 is 0 Å². The first-order valence-electron chi connectivity index (χ1n) is 7.47. The molecule has 2 heteroatoms. The first kappa shape index (κ1) is 17.2. The monoisotopic (exact) mass is 305 g/mol. The van der Waals surface area contributed by atoms with Crippen LogP contribution < -0.4 is 0 Å². The van der Waals surface area contributed by atoms with Crippen LogP contribution >= 0.6 is 0 Å². The maximum atomic E-state index is 10.7. The Balaban J connectivity index is 2.91. The number of unbranched alkanes of at least 4 members (excludes halogenated alkanes) is 11. The molecule has 0 aliphatic carbocycles. The Morgan fingerprint density at radius 2 is 1.06 bits per heavy atom. The van der Waals surface area contributed by atoms with Crippen molar-refractivity contribution in [1.29, 1.82) is 0 Å². The summed E-state index contributed by atoms with van der Waals surface area (Å²) in [6.07, 6.45) is 17.0. The third kappa shape index (κ3) is 16.2. The molecule has 0 aliphatic heterocycles. The molecule has 1 radical (unpaired) electrons. The number of rotatable bonds is 13. The summed E-state index contributed by atoms with van der Waals surface area (Å²) in [5.41, 5.74) is 0. The summed E-state index contributed by atoms with van der Waals surface area (Å²) in [5.74, 6) is 0. The fourth-order valence-corrected chi connectivity index (χ4v) is 2.41. The van der Waals surface area contributed by atoms with Gasteiger partial charge in [-0.2, -0.15) is 0 Å². The molecular formula is C15H29OSe. The third-order valence-electron chi connectivity index (χ3n) is 3.23. The van der Waals surface area contributed by atoms with E-state index in [-0.39, 0.29) is 4.68 Å². The molecule has 0 aromatic rings. The van der Waals surface area contributed by atoms with E-state index in [2.05, 4.69) is 22.9 Å². The summed E-state index contributed by atoms with van der Waals surface area (Å²) in [5, 5.41) is 0. The molecule has 0 heterocycles. The first-order chi connectivity index (χ1) is 8.27. The molecular weight excluding hydrogens is 275 g/mol. The summed E-state index contributed by atoms with van der Waals surface area (Å²) in [4.78, 5) is 10.7. The van der Waals surface area contributed by atoms with Gasteiger partial charge in [-0.3, -0.25) is 0 Å². The van der Waals surface area contributed by atoms with E-state index in [1.165, 1.54) is 70.6 Å². The van der Waals surface area contributed by atoms with Crippen molar-refractivity contribution in [3.8, 4) is 0 Å². The van der Waals surface area contributed by atoms with Gasteiger partial charge in [0.05, 0.1) is 0 Å². The van der Waals surface area contributed by atoms with Crippen LogP contribution in [0.4, 0.5) is 0 Å². The Labute approximate surface area is 116 Å². The fourth-order valence-electron chi connectivity index (χ4n) is 2.11. The second-order valence-electron chi connectivity index (χ2n) is 5.01. The molecule has 0 bridgehead atoms. The van der Waals surface area contributed by atoms with Crippen LogP contribution in [0.3, 0.4) is 0 Å². The summed E-state index contributed by atoms with van der Waals surface area (Å²) in [6, 6.07) is 0. The molecule has 0 fully saturated rings. The van der Waals surface area contributed by atoms with E-state index < -0.39 is 0 Å². The van der Waals surface area contributed by atoms with Crippen LogP contribution in [0.25, 0.3) is 0 Å². The molecule has 0 unspecified atom stereocenters. The van der Waals surface area contributed by atoms with Gasteiger partial charge in [-0.15, -0.1) is 0 Å². The van der Waals surface area contributed by atoms with Gasteiger partial charge in [0.15, 0.2) is 0 Å². The Morgan fingerprint density at radius 3 is 1.41 bits per heavy atom. The van der Waals surface area contributed by atoms with E-state index in [0.29, 0.717) is 0 Å². The predicted octanol–water partition coefficient (Wildman–Crippen LogP) is 4.77. The average Bonchev–Trinajstić information content (AvgIpc) is 2.30. The Bertz CT molecular complexity index is 168. The van der Waals surface area contributed by atoms with E-state index in [1.54, 1.807) is 0 Å². The molecule has 0 saturated carbocycles. The standard InChI is InChI=1S/C15H29OSe/c1-2-3-4-5-6-7-8-9-10-11-12-13-14-15(16)17/h2-14H2,1H3. The summed E-state index contributed by atoms with van der Waals surface area (Å²) >= 11 is 2.54. The van der Waals surface area contributed by atoms with Gasteiger partial charge >= 0.3 is 96.1 Å². The van der Waals surface area contributed by atoms with Gasteiger partial charge in [0.1, 0.15) is 0 Å². The van der Waals surface area contributed by atoms with Crippen LogP contribution in [-0.2, 0) is 4.79 Å². The van der Waals surface area contributed by atoms with E-state index in [0.717, 1.165) is 12.8 Å². The summed E-state index contributed by atoms with van der Waals surface area (Å²) in [6.45, 7) is 2.27. The van der Waals surface area contributed by atoms with Gasteiger partial charge in [0, 0.05) is 0 Å². The van der Waals surface area contributed by atoms with Crippen LogP contribution in [0.1, 0.15) is 90.4 Å². The molecule has 17 heavy (non-hydrogen) atoms. The zero-order chi connectivity index (χ0) is 12.8. The molecule has 0 amide bonds. The van der Waals surface area contributed by atoms with Crippen LogP contribution in [-0.4, -0.2) is 20.7 Å². The van der Waals surface area contributed by atoms with Crippen LogP contribution in [0, 0.1) is 0 Å². The molecule has 0 saturated heterocycles. The zero-order valence-corrected chi connectivity index (χ0v) is 13.2. The minimum atomic E-state index is 0.220. The second-order valence-corrected chi connectivity index (χ2v) is 5.97.